The Bertz CT molecular complexity index is 144. The number of ketones is 1. The molecule has 2 fully saturated rings. The normalized spacial score (nSPS) is 41.6. The monoisotopic (exact) mass is 125 g/mol. The SMILES string of the molecule is O=C1CCC2NCC2C1. The van der Waals surface area contributed by atoms with Gasteiger partial charge in [-0.2, -0.15) is 0 Å². The molecule has 2 aliphatic rings. The van der Waals surface area contributed by atoms with Gasteiger partial charge in [0.2, 0.25) is 0 Å². The summed E-state index contributed by atoms with van der Waals surface area (Å²) in [7, 11) is 0. The van der Waals surface area contributed by atoms with E-state index in [1.165, 1.54) is 0 Å². The van der Waals surface area contributed by atoms with E-state index < -0.39 is 0 Å². The number of hydrogen-bond acceptors (Lipinski definition) is 2. The van der Waals surface area contributed by atoms with Gasteiger partial charge in [-0.15, -0.1) is 0 Å². The molecule has 2 rings (SSSR count). The average Bonchev–Trinajstić information content (AvgIpc) is 1.78. The van der Waals surface area contributed by atoms with Crippen molar-refractivity contribution in [1.29, 1.82) is 0 Å². The van der Waals surface area contributed by atoms with E-state index in [4.69, 9.17) is 0 Å². The van der Waals surface area contributed by atoms with E-state index in [0.717, 1.165) is 25.8 Å². The molecule has 1 heterocycles. The van der Waals surface area contributed by atoms with Crippen molar-refractivity contribution in [3.8, 4) is 0 Å². The Labute approximate surface area is 54.6 Å². The first kappa shape index (κ1) is 5.42. The van der Waals surface area contributed by atoms with Gasteiger partial charge in [0.1, 0.15) is 5.78 Å². The summed E-state index contributed by atoms with van der Waals surface area (Å²) in [6.45, 7) is 1.08. The van der Waals surface area contributed by atoms with Gasteiger partial charge in [0.05, 0.1) is 0 Å². The predicted molar refractivity (Wildman–Crippen MR) is 34.1 cm³/mol. The fourth-order valence-corrected chi connectivity index (χ4v) is 1.71. The van der Waals surface area contributed by atoms with Crippen LogP contribution in [0.4, 0.5) is 0 Å². The molecule has 2 atom stereocenters. The highest BCUT2D eigenvalue weighted by atomic mass is 16.1. The number of nitrogens with one attached hydrogen (secondary N) is 1. The largest absolute Gasteiger partial charge is 0.313 e. The van der Waals surface area contributed by atoms with Crippen LogP contribution in [0.1, 0.15) is 19.3 Å². The molecular formula is C7H11NO. The van der Waals surface area contributed by atoms with Gasteiger partial charge >= 0.3 is 0 Å². The van der Waals surface area contributed by atoms with Crippen LogP contribution in [-0.4, -0.2) is 18.4 Å². The van der Waals surface area contributed by atoms with Crippen molar-refractivity contribution < 1.29 is 4.79 Å². The number of carbonyl (C=O) groups excluding carboxylic acids is 1. The molecule has 1 aliphatic carbocycles. The summed E-state index contributed by atoms with van der Waals surface area (Å²) >= 11 is 0. The molecule has 0 aromatic heterocycles. The van der Waals surface area contributed by atoms with Crippen molar-refractivity contribution in [2.24, 2.45) is 5.92 Å². The first-order chi connectivity index (χ1) is 4.36. The maximum absolute atomic E-state index is 10.8. The molecule has 2 nitrogen and oxygen atoms in total. The summed E-state index contributed by atoms with van der Waals surface area (Å²) < 4.78 is 0. The van der Waals surface area contributed by atoms with Crippen LogP contribution in [-0.2, 0) is 4.79 Å². The second-order valence-electron chi connectivity index (χ2n) is 3.06. The van der Waals surface area contributed by atoms with Crippen molar-refractivity contribution in [3.63, 3.8) is 0 Å². The van der Waals surface area contributed by atoms with Gasteiger partial charge in [-0.3, -0.25) is 4.79 Å². The Balaban J connectivity index is 1.99. The highest BCUT2D eigenvalue weighted by Gasteiger charge is 2.35. The molecule has 1 saturated heterocycles. The van der Waals surface area contributed by atoms with Crippen molar-refractivity contribution >= 4 is 5.78 Å². The molecule has 1 saturated carbocycles. The third kappa shape index (κ3) is 0.778. The molecule has 0 amide bonds. The Morgan fingerprint density at radius 1 is 1.56 bits per heavy atom. The summed E-state index contributed by atoms with van der Waals surface area (Å²) in [5, 5.41) is 3.32. The summed E-state index contributed by atoms with van der Waals surface area (Å²) in [6.07, 6.45) is 2.75. The maximum atomic E-state index is 10.8. The summed E-state index contributed by atoms with van der Waals surface area (Å²) in [5.41, 5.74) is 0. The van der Waals surface area contributed by atoms with Crippen LogP contribution >= 0.6 is 0 Å². The van der Waals surface area contributed by atoms with Crippen LogP contribution < -0.4 is 5.32 Å². The fraction of sp³-hybridized carbons (Fsp3) is 0.857. The standard InChI is InChI=1S/C7H11NO/c9-6-1-2-7-5(3-6)4-8-7/h5,7-8H,1-4H2. The number of carbonyl (C=O) groups is 1. The zero-order valence-electron chi connectivity index (χ0n) is 5.39. The van der Waals surface area contributed by atoms with Crippen LogP contribution in [0.3, 0.4) is 0 Å². The first-order valence-electron chi connectivity index (χ1n) is 3.61. The van der Waals surface area contributed by atoms with E-state index in [9.17, 15) is 4.79 Å². The first-order valence-corrected chi connectivity index (χ1v) is 3.61. The van der Waals surface area contributed by atoms with Gasteiger partial charge in [-0.25, -0.2) is 0 Å². The zero-order valence-corrected chi connectivity index (χ0v) is 5.39. The quantitative estimate of drug-likeness (QED) is 0.505. The number of Topliss-reactive ketones (excluding diaryl/α,β-unsaturated/α-hetero) is 1. The van der Waals surface area contributed by atoms with E-state index >= 15 is 0 Å². The van der Waals surface area contributed by atoms with Gasteiger partial charge < -0.3 is 5.32 Å². The molecule has 9 heavy (non-hydrogen) atoms. The molecule has 2 unspecified atom stereocenters. The molecular weight excluding hydrogens is 114 g/mol. The van der Waals surface area contributed by atoms with E-state index in [-0.39, 0.29) is 0 Å². The number of rotatable bonds is 0. The molecule has 0 aromatic rings. The van der Waals surface area contributed by atoms with Gasteiger partial charge in [-0.1, -0.05) is 0 Å². The maximum Gasteiger partial charge on any atom is 0.133 e. The third-order valence-electron chi connectivity index (χ3n) is 2.44. The second kappa shape index (κ2) is 1.81. The summed E-state index contributed by atoms with van der Waals surface area (Å²) in [4.78, 5) is 10.8. The Kier molecular flexibility index (Phi) is 1.09. The Hall–Kier alpha value is -0.370. The lowest BCUT2D eigenvalue weighted by atomic mass is 9.78. The zero-order chi connectivity index (χ0) is 6.27. The molecule has 0 bridgehead atoms. The smallest absolute Gasteiger partial charge is 0.133 e. The predicted octanol–water partition coefficient (Wildman–Crippen LogP) is 0.327. The lowest BCUT2D eigenvalue weighted by molar-refractivity contribution is -0.123. The molecule has 2 heteroatoms. The van der Waals surface area contributed by atoms with Crippen LogP contribution in [0, 0.1) is 5.92 Å². The molecule has 1 N–H and O–H groups in total. The highest BCUT2D eigenvalue weighted by Crippen LogP contribution is 2.27. The molecule has 0 aromatic carbocycles. The van der Waals surface area contributed by atoms with E-state index in [0.29, 0.717) is 17.7 Å². The molecule has 0 radical (unpaired) electrons. The third-order valence-corrected chi connectivity index (χ3v) is 2.44. The second-order valence-corrected chi connectivity index (χ2v) is 3.06. The minimum Gasteiger partial charge on any atom is -0.313 e. The Morgan fingerprint density at radius 3 is 2.89 bits per heavy atom. The summed E-state index contributed by atoms with van der Waals surface area (Å²) in [5.74, 6) is 1.17. The van der Waals surface area contributed by atoms with Crippen LogP contribution in [0.2, 0.25) is 0 Å². The highest BCUT2D eigenvalue weighted by molar-refractivity contribution is 5.79. The topological polar surface area (TPSA) is 29.1 Å². The van der Waals surface area contributed by atoms with Crippen LogP contribution in [0.5, 0.6) is 0 Å². The van der Waals surface area contributed by atoms with Crippen LogP contribution in [0.15, 0.2) is 0 Å². The van der Waals surface area contributed by atoms with Crippen molar-refractivity contribution in [2.45, 2.75) is 25.3 Å². The molecule has 50 valence electrons. The van der Waals surface area contributed by atoms with Crippen LogP contribution in [0.25, 0.3) is 0 Å². The molecule has 1 aliphatic heterocycles. The number of hydrogen-bond donors (Lipinski definition) is 1. The van der Waals surface area contributed by atoms with E-state index in [1.807, 2.05) is 0 Å². The van der Waals surface area contributed by atoms with Gasteiger partial charge in [0.15, 0.2) is 0 Å². The van der Waals surface area contributed by atoms with Gasteiger partial charge in [0, 0.05) is 25.4 Å². The van der Waals surface area contributed by atoms with Gasteiger partial charge in [0.25, 0.3) is 0 Å². The van der Waals surface area contributed by atoms with Crippen molar-refractivity contribution in [3.05, 3.63) is 0 Å². The minimum atomic E-state index is 0.470. The van der Waals surface area contributed by atoms with Gasteiger partial charge in [-0.05, 0) is 12.3 Å². The molecule has 0 spiro atoms. The Morgan fingerprint density at radius 2 is 2.44 bits per heavy atom. The van der Waals surface area contributed by atoms with E-state index in [2.05, 4.69) is 5.32 Å². The minimum absolute atomic E-state index is 0.470. The van der Waals surface area contributed by atoms with Crippen molar-refractivity contribution in [1.82, 2.24) is 5.32 Å². The lowest BCUT2D eigenvalue weighted by Gasteiger charge is -2.40. The van der Waals surface area contributed by atoms with Crippen molar-refractivity contribution in [2.75, 3.05) is 6.54 Å². The lowest BCUT2D eigenvalue weighted by Crippen LogP contribution is -2.55. The summed E-state index contributed by atoms with van der Waals surface area (Å²) in [6, 6.07) is 0.697. The fourth-order valence-electron chi connectivity index (χ4n) is 1.71. The average molecular weight is 125 g/mol. The number of fused-ring (bicyclic) bond motifs is 1. The van der Waals surface area contributed by atoms with E-state index in [1.54, 1.807) is 0 Å².